The SMILES string of the molecule is CC[C@@H](C)C[C@@H](C)C[C@H]1Cc2ccc(Br)cc2/C1=N/S(=O)C(C)(C)C.OC(F)F. The highest BCUT2D eigenvalue weighted by Crippen LogP contribution is 2.35. The molecule has 0 saturated carbocycles. The highest BCUT2D eigenvalue weighted by molar-refractivity contribution is 9.10. The molecule has 1 N–H and O–H groups in total. The number of fused-ring (bicyclic) bond motifs is 1. The molecule has 0 saturated heterocycles. The molecular formula is C22H34BrF2NO2S. The van der Waals surface area contributed by atoms with Gasteiger partial charge in [0.05, 0.1) is 10.5 Å². The molecule has 0 bridgehead atoms. The van der Waals surface area contributed by atoms with E-state index in [-0.39, 0.29) is 4.75 Å². The van der Waals surface area contributed by atoms with Gasteiger partial charge in [0.1, 0.15) is 11.0 Å². The highest BCUT2D eigenvalue weighted by Gasteiger charge is 2.32. The monoisotopic (exact) mass is 493 g/mol. The van der Waals surface area contributed by atoms with Gasteiger partial charge >= 0.3 is 6.61 Å². The smallest absolute Gasteiger partial charge is 0.339 e. The molecule has 0 amide bonds. The van der Waals surface area contributed by atoms with E-state index in [9.17, 15) is 13.0 Å². The summed E-state index contributed by atoms with van der Waals surface area (Å²) in [5.74, 6) is 1.80. The van der Waals surface area contributed by atoms with Crippen molar-refractivity contribution in [3.05, 3.63) is 33.8 Å². The van der Waals surface area contributed by atoms with Gasteiger partial charge in [-0.3, -0.25) is 0 Å². The van der Waals surface area contributed by atoms with Crippen molar-refractivity contribution in [2.24, 2.45) is 22.2 Å². The van der Waals surface area contributed by atoms with Crippen LogP contribution in [0.5, 0.6) is 0 Å². The fourth-order valence-corrected chi connectivity index (χ4v) is 4.59. The van der Waals surface area contributed by atoms with Crippen molar-refractivity contribution in [3.63, 3.8) is 0 Å². The normalized spacial score (nSPS) is 20.8. The average molecular weight is 494 g/mol. The molecular weight excluding hydrogens is 460 g/mol. The number of halogens is 3. The molecule has 1 aromatic rings. The van der Waals surface area contributed by atoms with Crippen molar-refractivity contribution in [1.82, 2.24) is 0 Å². The fraction of sp³-hybridized carbons (Fsp3) is 0.682. The Morgan fingerprint density at radius 3 is 2.38 bits per heavy atom. The van der Waals surface area contributed by atoms with Crippen LogP contribution in [0.1, 0.15) is 71.9 Å². The summed E-state index contributed by atoms with van der Waals surface area (Å²) in [6.45, 7) is 9.75. The summed E-state index contributed by atoms with van der Waals surface area (Å²) in [4.78, 5) is 0. The average Bonchev–Trinajstić information content (AvgIpc) is 2.90. The summed E-state index contributed by atoms with van der Waals surface area (Å²) in [5, 5.41) is 6.72. The Kier molecular flexibility index (Phi) is 10.6. The number of aliphatic hydroxyl groups excluding tert-OH is 1. The van der Waals surface area contributed by atoms with E-state index in [1.807, 2.05) is 20.8 Å². The highest BCUT2D eigenvalue weighted by atomic mass is 79.9. The Morgan fingerprint density at radius 1 is 1.28 bits per heavy atom. The van der Waals surface area contributed by atoms with Gasteiger partial charge in [0.25, 0.3) is 0 Å². The zero-order valence-corrected chi connectivity index (χ0v) is 20.6. The van der Waals surface area contributed by atoms with Crippen LogP contribution in [0.25, 0.3) is 0 Å². The van der Waals surface area contributed by atoms with Crippen LogP contribution in [-0.2, 0) is 17.4 Å². The molecule has 29 heavy (non-hydrogen) atoms. The predicted molar refractivity (Wildman–Crippen MR) is 122 cm³/mol. The lowest BCUT2D eigenvalue weighted by Crippen LogP contribution is -2.23. The summed E-state index contributed by atoms with van der Waals surface area (Å²) in [5.41, 5.74) is 3.59. The minimum absolute atomic E-state index is 0.325. The second kappa shape index (κ2) is 11.7. The van der Waals surface area contributed by atoms with Crippen LogP contribution < -0.4 is 0 Å². The molecule has 0 aromatic heterocycles. The van der Waals surface area contributed by atoms with Gasteiger partial charge in [-0.15, -0.1) is 0 Å². The second-order valence-electron chi connectivity index (χ2n) is 8.91. The van der Waals surface area contributed by atoms with E-state index in [4.69, 9.17) is 9.50 Å². The topological polar surface area (TPSA) is 49.7 Å². The summed E-state index contributed by atoms with van der Waals surface area (Å²) in [7, 11) is -1.22. The van der Waals surface area contributed by atoms with E-state index >= 15 is 0 Å². The maximum Gasteiger partial charge on any atom is 0.342 e. The van der Waals surface area contributed by atoms with Crippen molar-refractivity contribution in [3.8, 4) is 0 Å². The van der Waals surface area contributed by atoms with Gasteiger partial charge in [0.2, 0.25) is 0 Å². The molecule has 0 spiro atoms. The first-order chi connectivity index (χ1) is 13.3. The molecule has 2 rings (SSSR count). The Hall–Kier alpha value is -0.660. The summed E-state index contributed by atoms with van der Waals surface area (Å²) in [6.07, 6.45) is 4.63. The molecule has 7 heteroatoms. The number of benzene rings is 1. The van der Waals surface area contributed by atoms with Crippen LogP contribution in [0, 0.1) is 17.8 Å². The van der Waals surface area contributed by atoms with E-state index in [0.717, 1.165) is 28.9 Å². The van der Waals surface area contributed by atoms with Gasteiger partial charge in [-0.05, 0) is 69.6 Å². The molecule has 166 valence electrons. The van der Waals surface area contributed by atoms with E-state index in [0.29, 0.717) is 11.8 Å². The second-order valence-corrected chi connectivity index (χ2v) is 11.7. The first kappa shape index (κ1) is 26.4. The minimum atomic E-state index is -3.17. The summed E-state index contributed by atoms with van der Waals surface area (Å²) in [6, 6.07) is 6.43. The third-order valence-corrected chi connectivity index (χ3v) is 7.00. The molecule has 4 atom stereocenters. The number of hydrogen-bond donors (Lipinski definition) is 1. The predicted octanol–water partition coefficient (Wildman–Crippen LogP) is 6.54. The number of nitrogens with zero attached hydrogens (tertiary/aromatic N) is 1. The van der Waals surface area contributed by atoms with Gasteiger partial charge in [0.15, 0.2) is 0 Å². The molecule has 0 heterocycles. The van der Waals surface area contributed by atoms with Crippen LogP contribution in [0.3, 0.4) is 0 Å². The maximum absolute atomic E-state index is 12.7. The molecule has 1 unspecified atom stereocenters. The van der Waals surface area contributed by atoms with Crippen LogP contribution in [-0.4, -0.2) is 26.4 Å². The Labute approximate surface area is 185 Å². The third kappa shape index (κ3) is 8.93. The molecule has 0 fully saturated rings. The van der Waals surface area contributed by atoms with E-state index in [2.05, 4.69) is 54.9 Å². The fourth-order valence-electron chi connectivity index (χ4n) is 3.53. The maximum atomic E-state index is 12.7. The van der Waals surface area contributed by atoms with E-state index in [1.165, 1.54) is 24.0 Å². The number of rotatable bonds is 6. The van der Waals surface area contributed by atoms with Crippen LogP contribution >= 0.6 is 15.9 Å². The summed E-state index contributed by atoms with van der Waals surface area (Å²) >= 11 is 3.58. The lowest BCUT2D eigenvalue weighted by Gasteiger charge is -2.21. The van der Waals surface area contributed by atoms with Gasteiger partial charge in [-0.1, -0.05) is 49.2 Å². The zero-order valence-electron chi connectivity index (χ0n) is 18.2. The third-order valence-electron chi connectivity index (χ3n) is 5.09. The Morgan fingerprint density at radius 2 is 1.86 bits per heavy atom. The van der Waals surface area contributed by atoms with Gasteiger partial charge in [-0.25, -0.2) is 4.21 Å². The molecule has 3 nitrogen and oxygen atoms in total. The molecule has 1 aliphatic carbocycles. The molecule has 1 aromatic carbocycles. The standard InChI is InChI=1S/C21H32BrNOS.CH2F2O/c1-7-14(2)10-15(3)11-17-12-16-8-9-18(22)13-19(16)20(17)23-25(24)21(4,5)6;2-1(3)4/h8-9,13-15,17H,7,10-12H2,1-6H3;1,4H/b23-20+;/t14-,15-,17+,25?;/m1./s1. The van der Waals surface area contributed by atoms with Crippen molar-refractivity contribution < 1.29 is 18.1 Å². The quantitative estimate of drug-likeness (QED) is 0.489. The van der Waals surface area contributed by atoms with Crippen molar-refractivity contribution >= 4 is 32.6 Å². The van der Waals surface area contributed by atoms with Crippen LogP contribution in [0.4, 0.5) is 8.78 Å². The first-order valence-corrected chi connectivity index (χ1v) is 12.0. The van der Waals surface area contributed by atoms with Crippen molar-refractivity contribution in [2.45, 2.75) is 78.6 Å². The van der Waals surface area contributed by atoms with E-state index < -0.39 is 17.6 Å². The number of hydrogen-bond acceptors (Lipinski definition) is 2. The van der Waals surface area contributed by atoms with E-state index in [1.54, 1.807) is 0 Å². The Balaban J connectivity index is 0.000000960. The van der Waals surface area contributed by atoms with Gasteiger partial charge in [0, 0.05) is 16.0 Å². The molecule has 0 aliphatic heterocycles. The van der Waals surface area contributed by atoms with Crippen LogP contribution in [0.2, 0.25) is 0 Å². The van der Waals surface area contributed by atoms with Gasteiger partial charge in [-0.2, -0.15) is 13.2 Å². The largest absolute Gasteiger partial charge is 0.342 e. The Bertz CT molecular complexity index is 716. The van der Waals surface area contributed by atoms with Gasteiger partial charge < -0.3 is 5.11 Å². The lowest BCUT2D eigenvalue weighted by atomic mass is 9.86. The number of alkyl halides is 2. The molecule has 1 aliphatic rings. The lowest BCUT2D eigenvalue weighted by molar-refractivity contribution is -0.0728. The van der Waals surface area contributed by atoms with Crippen molar-refractivity contribution in [1.29, 1.82) is 0 Å². The van der Waals surface area contributed by atoms with Crippen molar-refractivity contribution in [2.75, 3.05) is 0 Å². The first-order valence-electron chi connectivity index (χ1n) is 10.1. The summed E-state index contributed by atoms with van der Waals surface area (Å²) < 4.78 is 37.9. The minimum Gasteiger partial charge on any atom is -0.339 e. The number of aliphatic hydroxyl groups is 1. The van der Waals surface area contributed by atoms with Crippen LogP contribution in [0.15, 0.2) is 27.1 Å². The zero-order chi connectivity index (χ0) is 22.4. The molecule has 0 radical (unpaired) electrons.